The lowest BCUT2D eigenvalue weighted by molar-refractivity contribution is 0.0930. The Morgan fingerprint density at radius 1 is 1.27 bits per heavy atom. The van der Waals surface area contributed by atoms with Crippen molar-refractivity contribution >= 4 is 16.9 Å². The minimum atomic E-state index is -0.452. The van der Waals surface area contributed by atoms with E-state index in [-0.39, 0.29) is 11.3 Å². The van der Waals surface area contributed by atoms with Crippen molar-refractivity contribution in [1.82, 2.24) is 35.4 Å². The van der Waals surface area contributed by atoms with Crippen LogP contribution in [0.2, 0.25) is 0 Å². The molecular formula is C16H13N7O3. The van der Waals surface area contributed by atoms with Gasteiger partial charge in [0, 0.05) is 29.9 Å². The lowest BCUT2D eigenvalue weighted by Crippen LogP contribution is -2.27. The molecule has 10 nitrogen and oxygen atoms in total. The van der Waals surface area contributed by atoms with Crippen molar-refractivity contribution in [2.75, 3.05) is 0 Å². The molecule has 0 aliphatic heterocycles. The lowest BCUT2D eigenvalue weighted by Gasteiger charge is -2.11. The summed E-state index contributed by atoms with van der Waals surface area (Å²) < 4.78 is 5.29. The van der Waals surface area contributed by atoms with E-state index in [0.29, 0.717) is 28.3 Å². The molecule has 10 heteroatoms. The summed E-state index contributed by atoms with van der Waals surface area (Å²) in [5.41, 5.74) is 0.688. The minimum Gasteiger partial charge on any atom is -0.358 e. The molecule has 3 N–H and O–H groups in total. The molecule has 4 rings (SSSR count). The number of nitrogens with one attached hydrogen (secondary N) is 3. The van der Waals surface area contributed by atoms with E-state index in [0.717, 1.165) is 0 Å². The van der Waals surface area contributed by atoms with Gasteiger partial charge < -0.3 is 19.8 Å². The molecule has 0 aliphatic rings. The third kappa shape index (κ3) is 2.83. The first-order chi connectivity index (χ1) is 12.6. The van der Waals surface area contributed by atoms with Crippen molar-refractivity contribution in [3.8, 4) is 11.5 Å². The first-order valence-electron chi connectivity index (χ1n) is 7.73. The van der Waals surface area contributed by atoms with E-state index in [1.807, 2.05) is 0 Å². The summed E-state index contributed by atoms with van der Waals surface area (Å²) in [6.07, 6.45) is 4.51. The van der Waals surface area contributed by atoms with Crippen molar-refractivity contribution in [3.05, 3.63) is 58.7 Å². The molecule has 4 heterocycles. The Labute approximate surface area is 145 Å². The number of fused-ring (bicyclic) bond motifs is 1. The van der Waals surface area contributed by atoms with Gasteiger partial charge in [-0.1, -0.05) is 5.16 Å². The van der Waals surface area contributed by atoms with Gasteiger partial charge >= 0.3 is 0 Å². The predicted octanol–water partition coefficient (Wildman–Crippen LogP) is 1.19. The zero-order valence-corrected chi connectivity index (χ0v) is 13.6. The van der Waals surface area contributed by atoms with Gasteiger partial charge in [-0.2, -0.15) is 0 Å². The Bertz CT molecular complexity index is 1130. The highest BCUT2D eigenvalue weighted by atomic mass is 16.5. The zero-order chi connectivity index (χ0) is 18.1. The highest BCUT2D eigenvalue weighted by molar-refractivity contribution is 6.03. The Balaban J connectivity index is 1.58. The summed E-state index contributed by atoms with van der Waals surface area (Å²) in [5.74, 6) is 0.619. The van der Waals surface area contributed by atoms with Crippen LogP contribution in [-0.2, 0) is 0 Å². The normalized spacial score (nSPS) is 12.2. The third-order valence-corrected chi connectivity index (χ3v) is 3.79. The largest absolute Gasteiger partial charge is 0.358 e. The Hall–Kier alpha value is -3.82. The number of imidazole rings is 1. The lowest BCUT2D eigenvalue weighted by atomic mass is 10.2. The maximum absolute atomic E-state index is 12.6. The quantitative estimate of drug-likeness (QED) is 0.501. The van der Waals surface area contributed by atoms with Gasteiger partial charge in [0.1, 0.15) is 23.4 Å². The molecule has 130 valence electrons. The van der Waals surface area contributed by atoms with Crippen LogP contribution >= 0.6 is 0 Å². The molecule has 4 aromatic rings. The molecule has 0 fully saturated rings. The van der Waals surface area contributed by atoms with E-state index >= 15 is 0 Å². The van der Waals surface area contributed by atoms with Crippen LogP contribution in [0.25, 0.3) is 22.6 Å². The number of pyridine rings is 1. The minimum absolute atomic E-state index is 0.156. The molecule has 0 aromatic carbocycles. The fraction of sp³-hybridized carbons (Fsp3) is 0.125. The average Bonchev–Trinajstić information content (AvgIpc) is 3.32. The Kier molecular flexibility index (Phi) is 3.77. The van der Waals surface area contributed by atoms with Gasteiger partial charge in [-0.25, -0.2) is 15.0 Å². The van der Waals surface area contributed by atoms with Crippen molar-refractivity contribution in [2.24, 2.45) is 0 Å². The number of aromatic amines is 2. The maximum Gasteiger partial charge on any atom is 0.271 e. The first-order valence-corrected chi connectivity index (χ1v) is 7.73. The number of carbonyl (C=O) groups excluding carboxylic acids is 1. The van der Waals surface area contributed by atoms with Crippen LogP contribution < -0.4 is 10.9 Å². The standard InChI is InChI=1S/C16H13N7O3/c1-8(11-6-10(23-26-11)15-17-4-5-18-15)21-16(25)13-9-2-3-12(24)22-14(9)20-7-19-13/h2-8H,1H3,(H,17,18)(H,21,25)(H,19,20,22,24)/t8-/m1/s1. The molecule has 0 bridgehead atoms. The summed E-state index contributed by atoms with van der Waals surface area (Å²) >= 11 is 0. The molecule has 0 spiro atoms. The van der Waals surface area contributed by atoms with Crippen LogP contribution in [-0.4, -0.2) is 36.0 Å². The number of hydrogen-bond acceptors (Lipinski definition) is 7. The molecule has 0 aliphatic carbocycles. The molecule has 0 saturated heterocycles. The molecule has 4 aromatic heterocycles. The number of amides is 1. The van der Waals surface area contributed by atoms with E-state index in [1.54, 1.807) is 25.4 Å². The molecule has 1 atom stereocenters. The van der Waals surface area contributed by atoms with E-state index in [2.05, 4.69) is 35.4 Å². The highest BCUT2D eigenvalue weighted by Gasteiger charge is 2.19. The van der Waals surface area contributed by atoms with E-state index < -0.39 is 11.9 Å². The maximum atomic E-state index is 12.6. The van der Waals surface area contributed by atoms with Gasteiger partial charge in [-0.15, -0.1) is 0 Å². The molecule has 0 radical (unpaired) electrons. The van der Waals surface area contributed by atoms with E-state index in [4.69, 9.17) is 4.52 Å². The van der Waals surface area contributed by atoms with Gasteiger partial charge in [0.2, 0.25) is 5.56 Å². The number of H-pyrrole nitrogens is 2. The smallest absolute Gasteiger partial charge is 0.271 e. The van der Waals surface area contributed by atoms with E-state index in [1.165, 1.54) is 18.5 Å². The SMILES string of the molecule is C[C@@H](NC(=O)c1ncnc2[nH]c(=O)ccc12)c1cc(-c2ncc[nH]2)no1. The van der Waals surface area contributed by atoms with Crippen molar-refractivity contribution in [2.45, 2.75) is 13.0 Å². The number of hydrogen-bond donors (Lipinski definition) is 3. The zero-order valence-electron chi connectivity index (χ0n) is 13.6. The summed E-state index contributed by atoms with van der Waals surface area (Å²) in [7, 11) is 0. The fourth-order valence-electron chi connectivity index (χ4n) is 2.50. The van der Waals surface area contributed by atoms with Gasteiger partial charge in [-0.3, -0.25) is 9.59 Å². The van der Waals surface area contributed by atoms with E-state index in [9.17, 15) is 9.59 Å². The van der Waals surface area contributed by atoms with Crippen LogP contribution in [0.3, 0.4) is 0 Å². The van der Waals surface area contributed by atoms with Crippen LogP contribution in [0.4, 0.5) is 0 Å². The average molecular weight is 351 g/mol. The highest BCUT2D eigenvalue weighted by Crippen LogP contribution is 2.20. The number of rotatable bonds is 4. The van der Waals surface area contributed by atoms with Crippen LogP contribution in [0.15, 0.2) is 46.2 Å². The first kappa shape index (κ1) is 15.7. The van der Waals surface area contributed by atoms with Crippen molar-refractivity contribution < 1.29 is 9.32 Å². The third-order valence-electron chi connectivity index (χ3n) is 3.79. The summed E-state index contributed by atoms with van der Waals surface area (Å²) in [5, 5.41) is 7.18. The predicted molar refractivity (Wildman–Crippen MR) is 90.1 cm³/mol. The molecule has 0 unspecified atom stereocenters. The number of nitrogens with zero attached hydrogens (tertiary/aromatic N) is 4. The van der Waals surface area contributed by atoms with Crippen LogP contribution in [0.1, 0.15) is 29.2 Å². The molecule has 1 amide bonds. The fourth-order valence-corrected chi connectivity index (χ4v) is 2.50. The van der Waals surface area contributed by atoms with Gasteiger partial charge in [0.25, 0.3) is 5.91 Å². The van der Waals surface area contributed by atoms with Crippen molar-refractivity contribution in [3.63, 3.8) is 0 Å². The second-order valence-corrected chi connectivity index (χ2v) is 5.55. The molecule has 0 saturated carbocycles. The van der Waals surface area contributed by atoms with Crippen LogP contribution in [0, 0.1) is 0 Å². The van der Waals surface area contributed by atoms with Crippen LogP contribution in [0.5, 0.6) is 0 Å². The number of carbonyl (C=O) groups is 1. The summed E-state index contributed by atoms with van der Waals surface area (Å²) in [6, 6.07) is 4.07. The molecular weight excluding hydrogens is 338 g/mol. The Morgan fingerprint density at radius 3 is 2.96 bits per heavy atom. The molecule has 26 heavy (non-hydrogen) atoms. The van der Waals surface area contributed by atoms with Gasteiger partial charge in [-0.05, 0) is 13.0 Å². The second kappa shape index (κ2) is 6.24. The van der Waals surface area contributed by atoms with Gasteiger partial charge in [0.05, 0.1) is 6.04 Å². The number of aromatic nitrogens is 6. The van der Waals surface area contributed by atoms with Gasteiger partial charge in [0.15, 0.2) is 11.6 Å². The Morgan fingerprint density at radius 2 is 2.15 bits per heavy atom. The summed E-state index contributed by atoms with van der Waals surface area (Å²) in [4.78, 5) is 41.6. The second-order valence-electron chi connectivity index (χ2n) is 5.55. The van der Waals surface area contributed by atoms with Crippen molar-refractivity contribution in [1.29, 1.82) is 0 Å². The summed E-state index contributed by atoms with van der Waals surface area (Å²) in [6.45, 7) is 1.76. The topological polar surface area (TPSA) is 142 Å². The monoisotopic (exact) mass is 351 g/mol.